The van der Waals surface area contributed by atoms with E-state index in [4.69, 9.17) is 4.74 Å². The number of carbonyl (C=O) groups is 1. The molecule has 1 amide bonds. The second kappa shape index (κ2) is 13.4. The standard InChI is InChI=1S/C16H34N4O2/c1-6-7-9-17-16(19-13-15(21)20(4)5)18-10-12-22-11-8-14(2)3/h14H,6-13H2,1-5H3,(H2,17,18,19). The molecule has 6 heteroatoms. The molecule has 0 aliphatic carbocycles. The molecule has 0 aliphatic heterocycles. The first-order valence-electron chi connectivity index (χ1n) is 8.27. The summed E-state index contributed by atoms with van der Waals surface area (Å²) >= 11 is 0. The Labute approximate surface area is 135 Å². The molecular formula is C16H34N4O2. The molecule has 0 aromatic carbocycles. The zero-order valence-corrected chi connectivity index (χ0v) is 14.9. The lowest BCUT2D eigenvalue weighted by molar-refractivity contribution is -0.127. The number of amides is 1. The van der Waals surface area contributed by atoms with E-state index in [1.807, 2.05) is 0 Å². The molecule has 0 radical (unpaired) electrons. The van der Waals surface area contributed by atoms with Gasteiger partial charge in [0.05, 0.1) is 6.61 Å². The Balaban J connectivity index is 4.06. The first-order valence-corrected chi connectivity index (χ1v) is 8.27. The first kappa shape index (κ1) is 20.7. The fourth-order valence-electron chi connectivity index (χ4n) is 1.51. The summed E-state index contributed by atoms with van der Waals surface area (Å²) in [5.74, 6) is 1.33. The van der Waals surface area contributed by atoms with E-state index in [2.05, 4.69) is 36.4 Å². The molecule has 0 aromatic heterocycles. The number of rotatable bonds is 11. The molecule has 130 valence electrons. The van der Waals surface area contributed by atoms with Gasteiger partial charge in [0.1, 0.15) is 6.54 Å². The summed E-state index contributed by atoms with van der Waals surface area (Å²) in [6.45, 7) is 9.64. The van der Waals surface area contributed by atoms with Crippen LogP contribution in [0.5, 0.6) is 0 Å². The summed E-state index contributed by atoms with van der Waals surface area (Å²) < 4.78 is 5.56. The van der Waals surface area contributed by atoms with Gasteiger partial charge in [0.15, 0.2) is 5.96 Å². The summed E-state index contributed by atoms with van der Waals surface area (Å²) in [7, 11) is 3.47. The van der Waals surface area contributed by atoms with Gasteiger partial charge in [-0.3, -0.25) is 4.79 Å². The SMILES string of the molecule is CCCCNC(=NCC(=O)N(C)C)NCCOCCC(C)C. The maximum atomic E-state index is 11.6. The van der Waals surface area contributed by atoms with E-state index in [0.29, 0.717) is 25.0 Å². The molecule has 0 aromatic rings. The Morgan fingerprint density at radius 1 is 1.18 bits per heavy atom. The van der Waals surface area contributed by atoms with Crippen molar-refractivity contribution in [3.8, 4) is 0 Å². The highest BCUT2D eigenvalue weighted by Crippen LogP contribution is 1.98. The Hall–Kier alpha value is -1.30. The van der Waals surface area contributed by atoms with Gasteiger partial charge in [0.25, 0.3) is 0 Å². The molecule has 0 saturated carbocycles. The summed E-state index contributed by atoms with van der Waals surface area (Å²) in [4.78, 5) is 17.4. The van der Waals surface area contributed by atoms with E-state index in [1.165, 1.54) is 0 Å². The van der Waals surface area contributed by atoms with Crippen molar-refractivity contribution in [1.29, 1.82) is 0 Å². The quantitative estimate of drug-likeness (QED) is 0.344. The molecule has 0 bridgehead atoms. The lowest BCUT2D eigenvalue weighted by Crippen LogP contribution is -2.40. The van der Waals surface area contributed by atoms with Crippen LogP contribution in [0.25, 0.3) is 0 Å². The predicted octanol–water partition coefficient (Wildman–Crippen LogP) is 1.47. The van der Waals surface area contributed by atoms with Crippen LogP contribution in [0, 0.1) is 5.92 Å². The Morgan fingerprint density at radius 3 is 2.45 bits per heavy atom. The van der Waals surface area contributed by atoms with Gasteiger partial charge >= 0.3 is 0 Å². The predicted molar refractivity (Wildman–Crippen MR) is 92.2 cm³/mol. The molecular weight excluding hydrogens is 280 g/mol. The zero-order chi connectivity index (χ0) is 16.8. The van der Waals surface area contributed by atoms with E-state index < -0.39 is 0 Å². The Kier molecular flexibility index (Phi) is 12.6. The third-order valence-corrected chi connectivity index (χ3v) is 3.07. The van der Waals surface area contributed by atoms with Gasteiger partial charge in [-0.2, -0.15) is 0 Å². The molecule has 0 saturated heterocycles. The monoisotopic (exact) mass is 314 g/mol. The second-order valence-electron chi connectivity index (χ2n) is 5.96. The number of carbonyl (C=O) groups excluding carboxylic acids is 1. The lowest BCUT2D eigenvalue weighted by Gasteiger charge is -2.14. The minimum atomic E-state index is -0.00947. The number of ether oxygens (including phenoxy) is 1. The highest BCUT2D eigenvalue weighted by Gasteiger charge is 2.04. The van der Waals surface area contributed by atoms with Gasteiger partial charge in [-0.1, -0.05) is 27.2 Å². The largest absolute Gasteiger partial charge is 0.380 e. The van der Waals surface area contributed by atoms with Crippen molar-refractivity contribution in [3.63, 3.8) is 0 Å². The third-order valence-electron chi connectivity index (χ3n) is 3.07. The fraction of sp³-hybridized carbons (Fsp3) is 0.875. The third kappa shape index (κ3) is 12.4. The van der Waals surface area contributed by atoms with Gasteiger partial charge in [0.2, 0.25) is 5.91 Å². The molecule has 0 spiro atoms. The summed E-state index contributed by atoms with van der Waals surface area (Å²) in [6.07, 6.45) is 3.27. The number of nitrogens with zero attached hydrogens (tertiary/aromatic N) is 2. The van der Waals surface area contributed by atoms with Gasteiger partial charge in [-0.25, -0.2) is 4.99 Å². The van der Waals surface area contributed by atoms with Crippen LogP contribution in [0.1, 0.15) is 40.0 Å². The molecule has 0 heterocycles. The van der Waals surface area contributed by atoms with Crippen LogP contribution in [-0.2, 0) is 9.53 Å². The maximum absolute atomic E-state index is 11.6. The fourth-order valence-corrected chi connectivity index (χ4v) is 1.51. The van der Waals surface area contributed by atoms with Crippen molar-refractivity contribution in [1.82, 2.24) is 15.5 Å². The van der Waals surface area contributed by atoms with E-state index in [1.54, 1.807) is 19.0 Å². The van der Waals surface area contributed by atoms with E-state index in [0.717, 1.165) is 32.4 Å². The van der Waals surface area contributed by atoms with Crippen LogP contribution in [0.4, 0.5) is 0 Å². The van der Waals surface area contributed by atoms with Crippen molar-refractivity contribution >= 4 is 11.9 Å². The molecule has 0 rings (SSSR count). The Bertz CT molecular complexity index is 317. The normalized spacial score (nSPS) is 11.6. The smallest absolute Gasteiger partial charge is 0.243 e. The number of aliphatic imine (C=N–C) groups is 1. The number of nitrogens with one attached hydrogen (secondary N) is 2. The van der Waals surface area contributed by atoms with Crippen molar-refractivity contribution < 1.29 is 9.53 Å². The average molecular weight is 314 g/mol. The van der Waals surface area contributed by atoms with Crippen LogP contribution >= 0.6 is 0 Å². The number of guanidine groups is 1. The number of hydrogen-bond acceptors (Lipinski definition) is 3. The van der Waals surface area contributed by atoms with Crippen LogP contribution < -0.4 is 10.6 Å². The lowest BCUT2D eigenvalue weighted by atomic mass is 10.1. The molecule has 6 nitrogen and oxygen atoms in total. The van der Waals surface area contributed by atoms with Crippen LogP contribution in [0.15, 0.2) is 4.99 Å². The van der Waals surface area contributed by atoms with Crippen molar-refractivity contribution in [2.75, 3.05) is 46.9 Å². The van der Waals surface area contributed by atoms with Crippen LogP contribution in [0.3, 0.4) is 0 Å². The van der Waals surface area contributed by atoms with E-state index in [9.17, 15) is 4.79 Å². The van der Waals surface area contributed by atoms with E-state index >= 15 is 0 Å². The summed E-state index contributed by atoms with van der Waals surface area (Å²) in [6, 6.07) is 0. The molecule has 2 N–H and O–H groups in total. The Morgan fingerprint density at radius 2 is 1.86 bits per heavy atom. The summed E-state index contributed by atoms with van der Waals surface area (Å²) in [5, 5.41) is 6.44. The van der Waals surface area contributed by atoms with Crippen LogP contribution in [-0.4, -0.2) is 63.7 Å². The minimum Gasteiger partial charge on any atom is -0.380 e. The van der Waals surface area contributed by atoms with Gasteiger partial charge in [-0.05, 0) is 18.8 Å². The van der Waals surface area contributed by atoms with Crippen LogP contribution in [0.2, 0.25) is 0 Å². The molecule has 0 aliphatic rings. The number of hydrogen-bond donors (Lipinski definition) is 2. The van der Waals surface area contributed by atoms with Gasteiger partial charge in [0, 0.05) is 33.8 Å². The van der Waals surface area contributed by atoms with Gasteiger partial charge < -0.3 is 20.3 Å². The highest BCUT2D eigenvalue weighted by molar-refractivity contribution is 5.84. The number of likely N-dealkylation sites (N-methyl/N-ethyl adjacent to an activating group) is 1. The molecule has 0 unspecified atom stereocenters. The zero-order valence-electron chi connectivity index (χ0n) is 14.9. The van der Waals surface area contributed by atoms with Crippen molar-refractivity contribution in [3.05, 3.63) is 0 Å². The first-order chi connectivity index (χ1) is 10.5. The van der Waals surface area contributed by atoms with Crippen molar-refractivity contribution in [2.24, 2.45) is 10.9 Å². The maximum Gasteiger partial charge on any atom is 0.243 e. The molecule has 0 fully saturated rings. The molecule has 22 heavy (non-hydrogen) atoms. The second-order valence-corrected chi connectivity index (χ2v) is 5.96. The minimum absolute atomic E-state index is 0.00947. The highest BCUT2D eigenvalue weighted by atomic mass is 16.5. The summed E-state index contributed by atoms with van der Waals surface area (Å²) in [5.41, 5.74) is 0. The number of unbranched alkanes of at least 4 members (excludes halogenated alkanes) is 1. The van der Waals surface area contributed by atoms with Crippen molar-refractivity contribution in [2.45, 2.75) is 40.0 Å². The van der Waals surface area contributed by atoms with Gasteiger partial charge in [-0.15, -0.1) is 0 Å². The van der Waals surface area contributed by atoms with E-state index in [-0.39, 0.29) is 12.5 Å². The molecule has 0 atom stereocenters. The topological polar surface area (TPSA) is 66.0 Å². The average Bonchev–Trinajstić information content (AvgIpc) is 2.46.